The van der Waals surface area contributed by atoms with Crippen LogP contribution in [0.3, 0.4) is 0 Å². The molecule has 2 rings (SSSR count). The summed E-state index contributed by atoms with van der Waals surface area (Å²) in [4.78, 5) is 12.1. The Labute approximate surface area is 128 Å². The summed E-state index contributed by atoms with van der Waals surface area (Å²) in [6.45, 7) is 4.70. The predicted molar refractivity (Wildman–Crippen MR) is 81.2 cm³/mol. The molecule has 114 valence electrons. The Morgan fingerprint density at radius 1 is 1.48 bits per heavy atom. The highest BCUT2D eigenvalue weighted by Crippen LogP contribution is 2.23. The average molecular weight is 311 g/mol. The lowest BCUT2D eigenvalue weighted by Crippen LogP contribution is -2.12. The van der Waals surface area contributed by atoms with Crippen LogP contribution in [0.25, 0.3) is 0 Å². The van der Waals surface area contributed by atoms with E-state index in [2.05, 4.69) is 5.10 Å². The van der Waals surface area contributed by atoms with Crippen LogP contribution >= 0.6 is 11.6 Å². The van der Waals surface area contributed by atoms with Crippen molar-refractivity contribution in [2.24, 2.45) is 7.05 Å². The Balaban J connectivity index is 2.14. The zero-order chi connectivity index (χ0) is 15.6. The fourth-order valence-electron chi connectivity index (χ4n) is 2.16. The Kier molecular flexibility index (Phi) is 4.57. The Hall–Kier alpha value is -1.95. The second-order valence-corrected chi connectivity index (χ2v) is 5.10. The van der Waals surface area contributed by atoms with Gasteiger partial charge in [0.05, 0.1) is 22.1 Å². The Morgan fingerprint density at radius 3 is 2.71 bits per heavy atom. The van der Waals surface area contributed by atoms with Crippen LogP contribution < -0.4 is 5.73 Å². The fourth-order valence-corrected chi connectivity index (χ4v) is 2.48. The second kappa shape index (κ2) is 6.22. The number of hydrogen-bond donors (Lipinski definition) is 1. The molecule has 0 unspecified atom stereocenters. The molecule has 21 heavy (non-hydrogen) atoms. The van der Waals surface area contributed by atoms with Crippen molar-refractivity contribution < 1.29 is 9.53 Å². The van der Waals surface area contributed by atoms with Crippen LogP contribution in [0.1, 0.15) is 35.7 Å². The third-order valence-electron chi connectivity index (χ3n) is 3.27. The van der Waals surface area contributed by atoms with E-state index in [-0.39, 0.29) is 6.61 Å². The first-order valence-electron chi connectivity index (χ1n) is 6.80. The van der Waals surface area contributed by atoms with Gasteiger partial charge in [0.2, 0.25) is 0 Å². The standard InChI is InChI=1S/C14H19ClN4O2/c1-4-10-13(15)12(19(5-2)17-10)8-21-14(20)11-6-9(16)7-18(11)3/h6-7H,4-5,8,16H2,1-3H3. The number of aryl methyl sites for hydroxylation is 3. The molecule has 0 aliphatic heterocycles. The lowest BCUT2D eigenvalue weighted by molar-refractivity contribution is 0.0451. The zero-order valence-electron chi connectivity index (χ0n) is 12.4. The molecule has 2 aromatic rings. The molecule has 0 aromatic carbocycles. The summed E-state index contributed by atoms with van der Waals surface area (Å²) >= 11 is 6.27. The summed E-state index contributed by atoms with van der Waals surface area (Å²) in [5, 5.41) is 4.96. The van der Waals surface area contributed by atoms with E-state index in [1.807, 2.05) is 13.8 Å². The molecule has 6 nitrogen and oxygen atoms in total. The molecule has 0 bridgehead atoms. The van der Waals surface area contributed by atoms with Gasteiger partial charge in [-0.15, -0.1) is 0 Å². The first-order chi connectivity index (χ1) is 9.97. The number of halogens is 1. The molecule has 0 radical (unpaired) electrons. The maximum atomic E-state index is 12.1. The number of nitrogens with zero attached hydrogens (tertiary/aromatic N) is 3. The van der Waals surface area contributed by atoms with Crippen LogP contribution in [0.4, 0.5) is 5.69 Å². The highest BCUT2D eigenvalue weighted by Gasteiger charge is 2.18. The molecule has 0 saturated heterocycles. The van der Waals surface area contributed by atoms with Crippen molar-refractivity contribution in [1.29, 1.82) is 0 Å². The van der Waals surface area contributed by atoms with Crippen molar-refractivity contribution in [2.45, 2.75) is 33.4 Å². The Bertz CT molecular complexity index is 660. The molecule has 2 heterocycles. The Morgan fingerprint density at radius 2 is 2.19 bits per heavy atom. The number of nitrogens with two attached hydrogens (primary N) is 1. The van der Waals surface area contributed by atoms with Gasteiger partial charge < -0.3 is 15.0 Å². The summed E-state index contributed by atoms with van der Waals surface area (Å²) in [6.07, 6.45) is 2.40. The molecule has 0 aliphatic carbocycles. The molecule has 0 saturated carbocycles. The number of rotatable bonds is 5. The molecule has 0 fully saturated rings. The molecule has 7 heteroatoms. The van der Waals surface area contributed by atoms with Crippen molar-refractivity contribution >= 4 is 23.3 Å². The number of hydrogen-bond acceptors (Lipinski definition) is 4. The smallest absolute Gasteiger partial charge is 0.355 e. The molecule has 0 spiro atoms. The van der Waals surface area contributed by atoms with E-state index >= 15 is 0 Å². The predicted octanol–water partition coefficient (Wildman–Crippen LogP) is 2.40. The largest absolute Gasteiger partial charge is 0.454 e. The van der Waals surface area contributed by atoms with Crippen LogP contribution in [0.15, 0.2) is 12.3 Å². The summed E-state index contributed by atoms with van der Waals surface area (Å²) in [6, 6.07) is 1.58. The van der Waals surface area contributed by atoms with Gasteiger partial charge in [-0.2, -0.15) is 5.10 Å². The van der Waals surface area contributed by atoms with E-state index in [9.17, 15) is 4.79 Å². The monoisotopic (exact) mass is 310 g/mol. The minimum Gasteiger partial charge on any atom is -0.454 e. The van der Waals surface area contributed by atoms with Gasteiger partial charge in [-0.1, -0.05) is 18.5 Å². The van der Waals surface area contributed by atoms with Gasteiger partial charge in [-0.25, -0.2) is 4.79 Å². The molecular weight excluding hydrogens is 292 g/mol. The molecule has 0 aliphatic rings. The minimum absolute atomic E-state index is 0.0869. The second-order valence-electron chi connectivity index (χ2n) is 4.72. The van der Waals surface area contributed by atoms with Crippen LogP contribution in [0, 0.1) is 0 Å². The minimum atomic E-state index is -0.438. The lowest BCUT2D eigenvalue weighted by atomic mass is 10.3. The van der Waals surface area contributed by atoms with E-state index in [4.69, 9.17) is 22.1 Å². The maximum absolute atomic E-state index is 12.1. The molecule has 2 aromatic heterocycles. The maximum Gasteiger partial charge on any atom is 0.355 e. The number of carbonyl (C=O) groups is 1. The highest BCUT2D eigenvalue weighted by molar-refractivity contribution is 6.31. The summed E-state index contributed by atoms with van der Waals surface area (Å²) in [5.41, 5.74) is 8.11. The molecule has 2 N–H and O–H groups in total. The van der Waals surface area contributed by atoms with Crippen LogP contribution in [0.2, 0.25) is 5.02 Å². The van der Waals surface area contributed by atoms with Gasteiger partial charge in [-0.3, -0.25) is 4.68 Å². The molecule has 0 amide bonds. The van der Waals surface area contributed by atoms with Crippen LogP contribution in [-0.4, -0.2) is 20.3 Å². The van der Waals surface area contributed by atoms with Gasteiger partial charge >= 0.3 is 5.97 Å². The first kappa shape index (κ1) is 15.4. The van der Waals surface area contributed by atoms with Crippen LogP contribution in [-0.2, 0) is 31.4 Å². The van der Waals surface area contributed by atoms with E-state index in [0.717, 1.165) is 12.1 Å². The van der Waals surface area contributed by atoms with E-state index in [1.54, 1.807) is 28.6 Å². The van der Waals surface area contributed by atoms with Gasteiger partial charge in [0.25, 0.3) is 0 Å². The summed E-state index contributed by atoms with van der Waals surface area (Å²) in [5.74, 6) is -0.438. The van der Waals surface area contributed by atoms with Crippen LogP contribution in [0.5, 0.6) is 0 Å². The topological polar surface area (TPSA) is 75.1 Å². The van der Waals surface area contributed by atoms with Gasteiger partial charge in [-0.05, 0) is 19.4 Å². The first-order valence-corrected chi connectivity index (χ1v) is 7.18. The molecular formula is C14H19ClN4O2. The van der Waals surface area contributed by atoms with Crippen molar-refractivity contribution in [3.8, 4) is 0 Å². The van der Waals surface area contributed by atoms with E-state index in [0.29, 0.717) is 28.6 Å². The fraction of sp³-hybridized carbons (Fsp3) is 0.429. The number of anilines is 1. The quantitative estimate of drug-likeness (QED) is 0.860. The van der Waals surface area contributed by atoms with Crippen molar-refractivity contribution in [1.82, 2.24) is 14.3 Å². The average Bonchev–Trinajstić information content (AvgIpc) is 2.95. The zero-order valence-corrected chi connectivity index (χ0v) is 13.1. The van der Waals surface area contributed by atoms with Crippen molar-refractivity contribution in [2.75, 3.05) is 5.73 Å². The van der Waals surface area contributed by atoms with E-state index in [1.165, 1.54) is 0 Å². The van der Waals surface area contributed by atoms with Gasteiger partial charge in [0.1, 0.15) is 12.3 Å². The molecule has 0 atom stereocenters. The number of esters is 1. The SMILES string of the molecule is CCc1nn(CC)c(COC(=O)c2cc(N)cn2C)c1Cl. The summed E-state index contributed by atoms with van der Waals surface area (Å²) in [7, 11) is 1.74. The van der Waals surface area contributed by atoms with E-state index < -0.39 is 5.97 Å². The lowest BCUT2D eigenvalue weighted by Gasteiger charge is -2.07. The van der Waals surface area contributed by atoms with Crippen molar-refractivity contribution in [3.05, 3.63) is 34.4 Å². The number of aromatic nitrogens is 3. The highest BCUT2D eigenvalue weighted by atomic mass is 35.5. The number of carbonyl (C=O) groups excluding carboxylic acids is 1. The number of ether oxygens (including phenoxy) is 1. The van der Waals surface area contributed by atoms with Crippen molar-refractivity contribution in [3.63, 3.8) is 0 Å². The summed E-state index contributed by atoms with van der Waals surface area (Å²) < 4.78 is 8.72. The normalized spacial score (nSPS) is 10.9. The third-order valence-corrected chi connectivity index (χ3v) is 3.71. The van der Waals surface area contributed by atoms with Gasteiger partial charge in [0, 0.05) is 19.8 Å². The van der Waals surface area contributed by atoms with Gasteiger partial charge in [0.15, 0.2) is 0 Å². The third kappa shape index (κ3) is 3.05. The number of nitrogen functional groups attached to an aromatic ring is 1.